The van der Waals surface area contributed by atoms with Gasteiger partial charge in [-0.25, -0.2) is 0 Å². The molecule has 3 atom stereocenters. The molecule has 0 amide bonds. The summed E-state index contributed by atoms with van der Waals surface area (Å²) in [6, 6.07) is 10.6. The second kappa shape index (κ2) is 6.47. The highest BCUT2D eigenvalue weighted by Crippen LogP contribution is 2.32. The van der Waals surface area contributed by atoms with Gasteiger partial charge in [0.2, 0.25) is 0 Å². The third-order valence-electron chi connectivity index (χ3n) is 5.22. The van der Waals surface area contributed by atoms with Crippen LogP contribution >= 0.6 is 0 Å². The Kier molecular flexibility index (Phi) is 4.63. The number of nitrogens with zero attached hydrogens (tertiary/aromatic N) is 1. The standard InChI is InChI=1S/C18H28N2O/c1-18(9-10-19-13-18)14-20-11-5-8-16(20)12-17(21)15-6-3-2-4-7-15/h2-4,6-7,16-17,19,21H,5,8-14H2,1H3. The molecule has 3 rings (SSSR count). The van der Waals surface area contributed by atoms with Crippen molar-refractivity contribution >= 4 is 0 Å². The number of hydrogen-bond acceptors (Lipinski definition) is 3. The minimum Gasteiger partial charge on any atom is -0.388 e. The van der Waals surface area contributed by atoms with Crippen LogP contribution in [0, 0.1) is 5.41 Å². The van der Waals surface area contributed by atoms with Crippen LogP contribution in [0.25, 0.3) is 0 Å². The average molecular weight is 288 g/mol. The van der Waals surface area contributed by atoms with E-state index in [0.29, 0.717) is 11.5 Å². The van der Waals surface area contributed by atoms with E-state index in [1.807, 2.05) is 30.3 Å². The van der Waals surface area contributed by atoms with Crippen LogP contribution in [0.4, 0.5) is 0 Å². The van der Waals surface area contributed by atoms with Crippen molar-refractivity contribution in [2.24, 2.45) is 5.41 Å². The van der Waals surface area contributed by atoms with Gasteiger partial charge in [0.15, 0.2) is 0 Å². The van der Waals surface area contributed by atoms with Crippen molar-refractivity contribution in [3.8, 4) is 0 Å². The van der Waals surface area contributed by atoms with Crippen LogP contribution in [0.5, 0.6) is 0 Å². The molecule has 0 aromatic heterocycles. The third kappa shape index (κ3) is 3.65. The molecule has 0 radical (unpaired) electrons. The van der Waals surface area contributed by atoms with E-state index in [4.69, 9.17) is 0 Å². The minimum atomic E-state index is -0.327. The summed E-state index contributed by atoms with van der Waals surface area (Å²) >= 11 is 0. The van der Waals surface area contributed by atoms with Gasteiger partial charge in [-0.2, -0.15) is 0 Å². The van der Waals surface area contributed by atoms with Crippen LogP contribution in [0.1, 0.15) is 44.3 Å². The van der Waals surface area contributed by atoms with E-state index < -0.39 is 0 Å². The summed E-state index contributed by atoms with van der Waals surface area (Å²) in [5.41, 5.74) is 1.47. The van der Waals surface area contributed by atoms with E-state index in [2.05, 4.69) is 17.1 Å². The molecule has 2 N–H and O–H groups in total. The fourth-order valence-electron chi connectivity index (χ4n) is 3.93. The molecule has 0 saturated carbocycles. The van der Waals surface area contributed by atoms with E-state index in [1.54, 1.807) is 0 Å². The second-order valence-electron chi connectivity index (χ2n) is 7.17. The highest BCUT2D eigenvalue weighted by atomic mass is 16.3. The van der Waals surface area contributed by atoms with Crippen LogP contribution < -0.4 is 5.32 Å². The minimum absolute atomic E-state index is 0.327. The number of aliphatic hydroxyl groups excluding tert-OH is 1. The van der Waals surface area contributed by atoms with Crippen LogP contribution in [0.15, 0.2) is 30.3 Å². The molecule has 116 valence electrons. The Morgan fingerprint density at radius 3 is 2.90 bits per heavy atom. The summed E-state index contributed by atoms with van der Waals surface area (Å²) in [7, 11) is 0. The lowest BCUT2D eigenvalue weighted by Gasteiger charge is -2.34. The Morgan fingerprint density at radius 1 is 1.38 bits per heavy atom. The molecular formula is C18H28N2O. The molecule has 3 nitrogen and oxygen atoms in total. The van der Waals surface area contributed by atoms with Gasteiger partial charge in [-0.1, -0.05) is 37.3 Å². The summed E-state index contributed by atoms with van der Waals surface area (Å²) < 4.78 is 0. The molecule has 1 aromatic rings. The largest absolute Gasteiger partial charge is 0.388 e. The first-order chi connectivity index (χ1) is 10.2. The highest BCUT2D eigenvalue weighted by Gasteiger charge is 2.35. The van der Waals surface area contributed by atoms with Crippen molar-refractivity contribution < 1.29 is 5.11 Å². The Balaban J connectivity index is 1.59. The molecule has 21 heavy (non-hydrogen) atoms. The van der Waals surface area contributed by atoms with Gasteiger partial charge in [0.05, 0.1) is 6.10 Å². The summed E-state index contributed by atoms with van der Waals surface area (Å²) in [6.45, 7) is 7.06. The van der Waals surface area contributed by atoms with Gasteiger partial charge in [0.25, 0.3) is 0 Å². The molecular weight excluding hydrogens is 260 g/mol. The quantitative estimate of drug-likeness (QED) is 0.874. The van der Waals surface area contributed by atoms with Crippen molar-refractivity contribution in [2.45, 2.75) is 44.8 Å². The highest BCUT2D eigenvalue weighted by molar-refractivity contribution is 5.17. The summed E-state index contributed by atoms with van der Waals surface area (Å²) in [6.07, 6.45) is 4.32. The van der Waals surface area contributed by atoms with Crippen molar-refractivity contribution in [1.82, 2.24) is 10.2 Å². The third-order valence-corrected chi connectivity index (χ3v) is 5.22. The number of likely N-dealkylation sites (tertiary alicyclic amines) is 1. The van der Waals surface area contributed by atoms with Crippen LogP contribution in [-0.4, -0.2) is 42.2 Å². The first kappa shape index (κ1) is 15.0. The van der Waals surface area contributed by atoms with Crippen LogP contribution in [0.2, 0.25) is 0 Å². The van der Waals surface area contributed by atoms with Crippen molar-refractivity contribution in [3.63, 3.8) is 0 Å². The van der Waals surface area contributed by atoms with E-state index in [1.165, 1.54) is 32.4 Å². The number of nitrogens with one attached hydrogen (secondary N) is 1. The van der Waals surface area contributed by atoms with Gasteiger partial charge >= 0.3 is 0 Å². The van der Waals surface area contributed by atoms with E-state index in [0.717, 1.165) is 25.1 Å². The normalized spacial score (nSPS) is 31.6. The van der Waals surface area contributed by atoms with Gasteiger partial charge in [-0.05, 0) is 49.8 Å². The lowest BCUT2D eigenvalue weighted by atomic mass is 9.88. The maximum Gasteiger partial charge on any atom is 0.0805 e. The fourth-order valence-corrected chi connectivity index (χ4v) is 3.93. The molecule has 2 aliphatic heterocycles. The molecule has 2 aliphatic rings. The monoisotopic (exact) mass is 288 g/mol. The summed E-state index contributed by atoms with van der Waals surface area (Å²) in [5, 5.41) is 14.0. The topological polar surface area (TPSA) is 35.5 Å². The van der Waals surface area contributed by atoms with Crippen molar-refractivity contribution in [1.29, 1.82) is 0 Å². The van der Waals surface area contributed by atoms with Crippen molar-refractivity contribution in [2.75, 3.05) is 26.2 Å². The zero-order valence-electron chi connectivity index (χ0n) is 13.1. The van der Waals surface area contributed by atoms with Gasteiger partial charge < -0.3 is 10.4 Å². The Hall–Kier alpha value is -0.900. The van der Waals surface area contributed by atoms with Gasteiger partial charge in [0.1, 0.15) is 0 Å². The number of hydrogen-bond donors (Lipinski definition) is 2. The molecule has 0 bridgehead atoms. The van der Waals surface area contributed by atoms with Gasteiger partial charge in [0, 0.05) is 19.1 Å². The average Bonchev–Trinajstić information content (AvgIpc) is 3.10. The molecule has 2 heterocycles. The van der Waals surface area contributed by atoms with Crippen molar-refractivity contribution in [3.05, 3.63) is 35.9 Å². The first-order valence-corrected chi connectivity index (χ1v) is 8.34. The maximum atomic E-state index is 10.5. The summed E-state index contributed by atoms with van der Waals surface area (Å²) in [4.78, 5) is 2.62. The SMILES string of the molecule is CC1(CN2CCCC2CC(O)c2ccccc2)CCNC1. The van der Waals surface area contributed by atoms with E-state index in [-0.39, 0.29) is 6.10 Å². The maximum absolute atomic E-state index is 10.5. The van der Waals surface area contributed by atoms with E-state index in [9.17, 15) is 5.11 Å². The van der Waals surface area contributed by atoms with E-state index >= 15 is 0 Å². The lowest BCUT2D eigenvalue weighted by Crippen LogP contribution is -2.40. The first-order valence-electron chi connectivity index (χ1n) is 8.34. The van der Waals surface area contributed by atoms with Crippen LogP contribution in [-0.2, 0) is 0 Å². The predicted molar refractivity (Wildman–Crippen MR) is 86.2 cm³/mol. The number of benzene rings is 1. The lowest BCUT2D eigenvalue weighted by molar-refractivity contribution is 0.0996. The van der Waals surface area contributed by atoms with Gasteiger partial charge in [-0.15, -0.1) is 0 Å². The molecule has 1 aromatic carbocycles. The Labute approximate surface area is 128 Å². The molecule has 2 saturated heterocycles. The molecule has 0 spiro atoms. The smallest absolute Gasteiger partial charge is 0.0805 e. The second-order valence-corrected chi connectivity index (χ2v) is 7.17. The van der Waals surface area contributed by atoms with Gasteiger partial charge in [-0.3, -0.25) is 4.90 Å². The predicted octanol–water partition coefficient (Wildman–Crippen LogP) is 2.57. The zero-order chi connectivity index (χ0) is 14.7. The molecule has 2 fully saturated rings. The van der Waals surface area contributed by atoms with Crippen LogP contribution in [0.3, 0.4) is 0 Å². The zero-order valence-corrected chi connectivity index (χ0v) is 13.1. The molecule has 3 unspecified atom stereocenters. The summed E-state index contributed by atoms with van der Waals surface area (Å²) in [5.74, 6) is 0. The molecule has 3 heteroatoms. The Bertz CT molecular complexity index is 442. The fraction of sp³-hybridized carbons (Fsp3) is 0.667. The number of aliphatic hydroxyl groups is 1. The number of rotatable bonds is 5. The Morgan fingerprint density at radius 2 is 2.19 bits per heavy atom. The molecule has 0 aliphatic carbocycles.